The molecule has 3 heteroatoms. The number of nitrogens with one attached hydrogen (secondary N) is 1. The van der Waals surface area contributed by atoms with Crippen molar-refractivity contribution in [3.05, 3.63) is 34.3 Å². The first kappa shape index (κ1) is 12.2. The van der Waals surface area contributed by atoms with E-state index in [-0.39, 0.29) is 5.91 Å². The van der Waals surface area contributed by atoms with Gasteiger partial charge in [-0.15, -0.1) is 0 Å². The highest BCUT2D eigenvalue weighted by Crippen LogP contribution is 2.17. The molecule has 1 unspecified atom stereocenters. The molecule has 0 aromatic heterocycles. The number of hydrogen-bond acceptors (Lipinski definition) is 1. The Morgan fingerprint density at radius 2 is 2.00 bits per heavy atom. The summed E-state index contributed by atoms with van der Waals surface area (Å²) < 4.78 is 1.08. The van der Waals surface area contributed by atoms with E-state index in [0.717, 1.165) is 4.47 Å². The number of carbonyl (C=O) groups is 1. The lowest BCUT2D eigenvalue weighted by molar-refractivity contribution is -0.120. The molecule has 0 spiro atoms. The van der Waals surface area contributed by atoms with Crippen molar-refractivity contribution < 1.29 is 4.79 Å². The summed E-state index contributed by atoms with van der Waals surface area (Å²) in [6.45, 7) is 4.67. The van der Waals surface area contributed by atoms with E-state index in [1.165, 1.54) is 5.56 Å². The van der Waals surface area contributed by atoms with Gasteiger partial charge >= 0.3 is 0 Å². The van der Waals surface area contributed by atoms with Gasteiger partial charge in [-0.25, -0.2) is 0 Å². The van der Waals surface area contributed by atoms with Gasteiger partial charge in [0.2, 0.25) is 5.91 Å². The van der Waals surface area contributed by atoms with E-state index in [0.29, 0.717) is 18.9 Å². The SMILES string of the molecule is CCC(=O)NCC(C)c1ccc(Br)cc1. The quantitative estimate of drug-likeness (QED) is 0.895. The van der Waals surface area contributed by atoms with Crippen molar-refractivity contribution in [3.8, 4) is 0 Å². The van der Waals surface area contributed by atoms with Gasteiger partial charge in [-0.2, -0.15) is 0 Å². The molecule has 1 atom stereocenters. The fourth-order valence-corrected chi connectivity index (χ4v) is 1.57. The molecule has 1 rings (SSSR count). The summed E-state index contributed by atoms with van der Waals surface area (Å²) in [5, 5.41) is 2.89. The molecule has 0 saturated heterocycles. The summed E-state index contributed by atoms with van der Waals surface area (Å²) >= 11 is 3.40. The van der Waals surface area contributed by atoms with Gasteiger partial charge in [0.25, 0.3) is 0 Å². The van der Waals surface area contributed by atoms with Crippen LogP contribution in [0.3, 0.4) is 0 Å². The van der Waals surface area contributed by atoms with Gasteiger partial charge in [0, 0.05) is 17.4 Å². The van der Waals surface area contributed by atoms with Crippen LogP contribution >= 0.6 is 15.9 Å². The summed E-state index contributed by atoms with van der Waals surface area (Å²) in [4.78, 5) is 11.1. The van der Waals surface area contributed by atoms with Crippen LogP contribution in [0.5, 0.6) is 0 Å². The second-order valence-electron chi connectivity index (χ2n) is 3.61. The minimum atomic E-state index is 0.110. The molecule has 82 valence electrons. The van der Waals surface area contributed by atoms with Crippen LogP contribution < -0.4 is 5.32 Å². The van der Waals surface area contributed by atoms with Gasteiger partial charge in [0.15, 0.2) is 0 Å². The molecule has 1 amide bonds. The Morgan fingerprint density at radius 3 is 2.53 bits per heavy atom. The average molecular weight is 270 g/mol. The minimum Gasteiger partial charge on any atom is -0.356 e. The summed E-state index contributed by atoms with van der Waals surface area (Å²) in [6.07, 6.45) is 0.549. The van der Waals surface area contributed by atoms with Crippen LogP contribution in [-0.4, -0.2) is 12.5 Å². The molecule has 0 bridgehead atoms. The minimum absolute atomic E-state index is 0.110. The second-order valence-corrected chi connectivity index (χ2v) is 4.53. The number of carbonyl (C=O) groups excluding carboxylic acids is 1. The molecule has 0 aliphatic carbocycles. The van der Waals surface area contributed by atoms with E-state index in [1.54, 1.807) is 0 Å². The topological polar surface area (TPSA) is 29.1 Å². The zero-order chi connectivity index (χ0) is 11.3. The smallest absolute Gasteiger partial charge is 0.219 e. The third-order valence-electron chi connectivity index (χ3n) is 2.37. The van der Waals surface area contributed by atoms with E-state index < -0.39 is 0 Å². The fourth-order valence-electron chi connectivity index (χ4n) is 1.30. The van der Waals surface area contributed by atoms with Crippen LogP contribution in [0.2, 0.25) is 0 Å². The maximum atomic E-state index is 11.1. The van der Waals surface area contributed by atoms with Crippen molar-refractivity contribution in [2.45, 2.75) is 26.2 Å². The van der Waals surface area contributed by atoms with Crippen molar-refractivity contribution >= 4 is 21.8 Å². The maximum Gasteiger partial charge on any atom is 0.219 e. The molecule has 0 saturated carbocycles. The first-order valence-electron chi connectivity index (χ1n) is 5.15. The van der Waals surface area contributed by atoms with E-state index >= 15 is 0 Å². The molecule has 1 N–H and O–H groups in total. The summed E-state index contributed by atoms with van der Waals surface area (Å²) in [5.41, 5.74) is 1.25. The standard InChI is InChI=1S/C12H16BrNO/c1-3-12(15)14-8-9(2)10-4-6-11(13)7-5-10/h4-7,9H,3,8H2,1-2H3,(H,14,15). The van der Waals surface area contributed by atoms with Gasteiger partial charge in [0.05, 0.1) is 0 Å². The van der Waals surface area contributed by atoms with Gasteiger partial charge in [0.1, 0.15) is 0 Å². The van der Waals surface area contributed by atoms with Crippen LogP contribution in [0.25, 0.3) is 0 Å². The molecule has 0 fully saturated rings. The molecule has 1 aromatic carbocycles. The van der Waals surface area contributed by atoms with Crippen molar-refractivity contribution in [2.75, 3.05) is 6.54 Å². The lowest BCUT2D eigenvalue weighted by Gasteiger charge is -2.12. The number of rotatable bonds is 4. The number of hydrogen-bond donors (Lipinski definition) is 1. The number of benzene rings is 1. The predicted octanol–water partition coefficient (Wildman–Crippen LogP) is 3.08. The first-order valence-corrected chi connectivity index (χ1v) is 5.95. The third kappa shape index (κ3) is 4.04. The normalized spacial score (nSPS) is 12.2. The highest BCUT2D eigenvalue weighted by atomic mass is 79.9. The van der Waals surface area contributed by atoms with E-state index in [2.05, 4.69) is 40.3 Å². The maximum absolute atomic E-state index is 11.1. The lowest BCUT2D eigenvalue weighted by atomic mass is 10.0. The van der Waals surface area contributed by atoms with Gasteiger partial charge in [-0.3, -0.25) is 4.79 Å². The fraction of sp³-hybridized carbons (Fsp3) is 0.417. The largest absolute Gasteiger partial charge is 0.356 e. The Hall–Kier alpha value is -0.830. The van der Waals surface area contributed by atoms with Crippen LogP contribution in [0.15, 0.2) is 28.7 Å². The molecule has 0 aliphatic heterocycles. The summed E-state index contributed by atoms with van der Waals surface area (Å²) in [5.74, 6) is 0.465. The molecule has 2 nitrogen and oxygen atoms in total. The lowest BCUT2D eigenvalue weighted by Crippen LogP contribution is -2.26. The van der Waals surface area contributed by atoms with E-state index in [4.69, 9.17) is 0 Å². The van der Waals surface area contributed by atoms with Crippen LogP contribution in [0.1, 0.15) is 31.7 Å². The summed E-state index contributed by atoms with van der Waals surface area (Å²) in [6, 6.07) is 8.20. The summed E-state index contributed by atoms with van der Waals surface area (Å²) in [7, 11) is 0. The molecule has 15 heavy (non-hydrogen) atoms. The second kappa shape index (κ2) is 5.91. The average Bonchev–Trinajstić information content (AvgIpc) is 2.26. The van der Waals surface area contributed by atoms with Crippen molar-refractivity contribution in [1.82, 2.24) is 5.32 Å². The first-order chi connectivity index (χ1) is 7.13. The molecule has 0 heterocycles. The van der Waals surface area contributed by atoms with Crippen LogP contribution in [-0.2, 0) is 4.79 Å². The number of amides is 1. The van der Waals surface area contributed by atoms with Crippen LogP contribution in [0, 0.1) is 0 Å². The van der Waals surface area contributed by atoms with E-state index in [9.17, 15) is 4.79 Å². The van der Waals surface area contributed by atoms with E-state index in [1.807, 2.05) is 19.1 Å². The Bertz CT molecular complexity index is 321. The predicted molar refractivity (Wildman–Crippen MR) is 65.9 cm³/mol. The zero-order valence-electron chi connectivity index (χ0n) is 9.09. The van der Waals surface area contributed by atoms with Crippen molar-refractivity contribution in [3.63, 3.8) is 0 Å². The van der Waals surface area contributed by atoms with Crippen LogP contribution in [0.4, 0.5) is 0 Å². The highest BCUT2D eigenvalue weighted by molar-refractivity contribution is 9.10. The Morgan fingerprint density at radius 1 is 1.40 bits per heavy atom. The Labute approximate surface area is 99.2 Å². The van der Waals surface area contributed by atoms with Gasteiger partial charge in [-0.05, 0) is 23.6 Å². The van der Waals surface area contributed by atoms with Crippen molar-refractivity contribution in [2.24, 2.45) is 0 Å². The molecule has 0 radical (unpaired) electrons. The molecular formula is C12H16BrNO. The Kier molecular flexibility index (Phi) is 4.82. The zero-order valence-corrected chi connectivity index (χ0v) is 10.7. The molecule has 0 aliphatic rings. The number of halogens is 1. The van der Waals surface area contributed by atoms with Crippen molar-refractivity contribution in [1.29, 1.82) is 0 Å². The van der Waals surface area contributed by atoms with Gasteiger partial charge in [-0.1, -0.05) is 41.9 Å². The molecule has 1 aromatic rings. The monoisotopic (exact) mass is 269 g/mol. The third-order valence-corrected chi connectivity index (χ3v) is 2.89. The molecular weight excluding hydrogens is 254 g/mol. The van der Waals surface area contributed by atoms with Gasteiger partial charge < -0.3 is 5.32 Å². The Balaban J connectivity index is 2.50. The highest BCUT2D eigenvalue weighted by Gasteiger charge is 2.06.